The molecule has 16 heavy (non-hydrogen) atoms. The number of carbonyl (C=O) groups is 2. The van der Waals surface area contributed by atoms with E-state index in [1.165, 1.54) is 6.08 Å². The van der Waals surface area contributed by atoms with Crippen molar-refractivity contribution in [3.8, 4) is 0 Å². The third-order valence-electron chi connectivity index (χ3n) is 2.44. The van der Waals surface area contributed by atoms with E-state index in [0.717, 1.165) is 10.9 Å². The molecule has 0 N–H and O–H groups in total. The van der Waals surface area contributed by atoms with Gasteiger partial charge in [-0.25, -0.2) is 4.98 Å². The molecule has 1 aromatic heterocycles. The molecule has 1 aliphatic heterocycles. The maximum absolute atomic E-state index is 11.2. The number of ketones is 1. The zero-order valence-electron chi connectivity index (χ0n) is 8.18. The average molecular weight is 210 g/mol. The fraction of sp³-hybridized carbons (Fsp3) is 0. The molecule has 0 saturated heterocycles. The minimum absolute atomic E-state index is 0.323. The topological polar surface area (TPSA) is 59.4 Å². The standard InChI is InChI=1S/C12H6N2O2/c15-10-6-8-5-7-3-1-2-4-9(7)13-11(8)14-12(10)16/h1-6H. The van der Waals surface area contributed by atoms with Gasteiger partial charge in [-0.1, -0.05) is 18.2 Å². The summed E-state index contributed by atoms with van der Waals surface area (Å²) in [7, 11) is 0. The van der Waals surface area contributed by atoms with Gasteiger partial charge in [0, 0.05) is 16.7 Å². The summed E-state index contributed by atoms with van der Waals surface area (Å²) in [5.74, 6) is -1.35. The molecule has 2 heterocycles. The Bertz CT molecular complexity index is 683. The lowest BCUT2D eigenvalue weighted by Crippen LogP contribution is -2.36. The lowest BCUT2D eigenvalue weighted by molar-refractivity contribution is -0.132. The van der Waals surface area contributed by atoms with Crippen LogP contribution in [0.15, 0.2) is 35.3 Å². The number of fused-ring (bicyclic) bond motifs is 2. The minimum Gasteiger partial charge on any atom is -0.284 e. The van der Waals surface area contributed by atoms with Gasteiger partial charge in [-0.3, -0.25) is 9.59 Å². The van der Waals surface area contributed by atoms with Crippen LogP contribution >= 0.6 is 0 Å². The van der Waals surface area contributed by atoms with E-state index in [1.807, 2.05) is 30.3 Å². The quantitative estimate of drug-likeness (QED) is 0.563. The third-order valence-corrected chi connectivity index (χ3v) is 2.44. The lowest BCUT2D eigenvalue weighted by Gasteiger charge is -1.99. The van der Waals surface area contributed by atoms with Crippen molar-refractivity contribution in [1.29, 1.82) is 0 Å². The first-order chi connectivity index (χ1) is 7.74. The molecule has 1 aromatic carbocycles. The zero-order chi connectivity index (χ0) is 11.1. The van der Waals surface area contributed by atoms with Crippen LogP contribution in [0, 0.1) is 0 Å². The molecule has 0 fully saturated rings. The van der Waals surface area contributed by atoms with Crippen LogP contribution in [0.5, 0.6) is 0 Å². The first-order valence-electron chi connectivity index (χ1n) is 4.78. The van der Waals surface area contributed by atoms with Crippen molar-refractivity contribution >= 4 is 28.7 Å². The van der Waals surface area contributed by atoms with E-state index < -0.39 is 11.7 Å². The molecule has 4 nitrogen and oxygen atoms in total. The van der Waals surface area contributed by atoms with Crippen LogP contribution in [0.4, 0.5) is 0 Å². The van der Waals surface area contributed by atoms with Crippen LogP contribution < -0.4 is 10.7 Å². The smallest absolute Gasteiger partial charge is 0.284 e. The van der Waals surface area contributed by atoms with Gasteiger partial charge in [0.2, 0.25) is 5.78 Å². The number of para-hydroxylation sites is 1. The molecule has 0 saturated carbocycles. The molecule has 0 atom stereocenters. The number of carbonyl (C=O) groups excluding carboxylic acids is 2. The molecule has 0 unspecified atom stereocenters. The molecule has 4 heteroatoms. The van der Waals surface area contributed by atoms with Crippen molar-refractivity contribution in [3.63, 3.8) is 0 Å². The van der Waals surface area contributed by atoms with Gasteiger partial charge in [0.15, 0.2) is 5.49 Å². The van der Waals surface area contributed by atoms with Crippen molar-refractivity contribution in [2.24, 2.45) is 4.99 Å². The van der Waals surface area contributed by atoms with Gasteiger partial charge in [-0.2, -0.15) is 4.99 Å². The number of amides is 1. The molecule has 0 bridgehead atoms. The second-order valence-electron chi connectivity index (χ2n) is 3.52. The van der Waals surface area contributed by atoms with E-state index in [0.29, 0.717) is 10.7 Å². The van der Waals surface area contributed by atoms with Crippen LogP contribution in [-0.2, 0) is 9.59 Å². The molecular weight excluding hydrogens is 204 g/mol. The molecule has 1 amide bonds. The van der Waals surface area contributed by atoms with Crippen molar-refractivity contribution in [2.75, 3.05) is 0 Å². The SMILES string of the molecule is O=C1C=c2cc3ccccc3nc2=NC1=O. The predicted molar refractivity (Wildman–Crippen MR) is 57.0 cm³/mol. The number of hydrogen-bond donors (Lipinski definition) is 0. The maximum atomic E-state index is 11.2. The largest absolute Gasteiger partial charge is 0.319 e. The van der Waals surface area contributed by atoms with E-state index in [-0.39, 0.29) is 0 Å². The second kappa shape index (κ2) is 3.06. The highest BCUT2D eigenvalue weighted by Crippen LogP contribution is 2.05. The molecular formula is C12H6N2O2. The summed E-state index contributed by atoms with van der Waals surface area (Å²) >= 11 is 0. The van der Waals surface area contributed by atoms with E-state index in [4.69, 9.17) is 0 Å². The van der Waals surface area contributed by atoms with Gasteiger partial charge >= 0.3 is 5.91 Å². The molecule has 0 spiro atoms. The summed E-state index contributed by atoms with van der Waals surface area (Å²) in [6.07, 6.45) is 1.28. The highest BCUT2D eigenvalue weighted by atomic mass is 16.2. The predicted octanol–water partition coefficient (Wildman–Crippen LogP) is -0.256. The first-order valence-corrected chi connectivity index (χ1v) is 4.78. The van der Waals surface area contributed by atoms with Crippen molar-refractivity contribution in [3.05, 3.63) is 41.0 Å². The van der Waals surface area contributed by atoms with E-state index in [2.05, 4.69) is 9.98 Å². The van der Waals surface area contributed by atoms with Gasteiger partial charge in [0.1, 0.15) is 0 Å². The molecule has 76 valence electrons. The molecule has 1 aliphatic rings. The number of aromatic nitrogens is 1. The molecule has 3 rings (SSSR count). The number of rotatable bonds is 0. The van der Waals surface area contributed by atoms with Gasteiger partial charge in [0.25, 0.3) is 0 Å². The van der Waals surface area contributed by atoms with Crippen molar-refractivity contribution in [2.45, 2.75) is 0 Å². The summed E-state index contributed by atoms with van der Waals surface area (Å²) < 4.78 is 0. The Kier molecular flexibility index (Phi) is 1.71. The van der Waals surface area contributed by atoms with Crippen molar-refractivity contribution in [1.82, 2.24) is 4.98 Å². The second-order valence-corrected chi connectivity index (χ2v) is 3.52. The Morgan fingerprint density at radius 2 is 1.88 bits per heavy atom. The molecule has 0 radical (unpaired) electrons. The minimum atomic E-state index is -0.754. The molecule has 0 aliphatic carbocycles. The van der Waals surface area contributed by atoms with Gasteiger partial charge in [-0.15, -0.1) is 0 Å². The normalized spacial score (nSPS) is 14.2. The number of pyridine rings is 1. The van der Waals surface area contributed by atoms with Crippen LogP contribution in [0.3, 0.4) is 0 Å². The van der Waals surface area contributed by atoms with Crippen molar-refractivity contribution < 1.29 is 9.59 Å². The summed E-state index contributed by atoms with van der Waals surface area (Å²) in [5.41, 5.74) is 1.09. The Labute approximate surface area is 90.0 Å². The highest BCUT2D eigenvalue weighted by Gasteiger charge is 2.14. The van der Waals surface area contributed by atoms with E-state index in [1.54, 1.807) is 0 Å². The number of nitrogens with zero attached hydrogens (tertiary/aromatic N) is 2. The number of benzene rings is 1. The Hall–Kier alpha value is -2.36. The van der Waals surface area contributed by atoms with Crippen LogP contribution in [0.2, 0.25) is 0 Å². The Morgan fingerprint density at radius 1 is 1.06 bits per heavy atom. The van der Waals surface area contributed by atoms with Gasteiger partial charge in [0.05, 0.1) is 5.52 Å². The highest BCUT2D eigenvalue weighted by molar-refractivity contribution is 6.48. The monoisotopic (exact) mass is 210 g/mol. The average Bonchev–Trinajstić information content (AvgIpc) is 2.28. The molecule has 2 aromatic rings. The Morgan fingerprint density at radius 3 is 2.75 bits per heavy atom. The lowest BCUT2D eigenvalue weighted by atomic mass is 10.1. The summed E-state index contributed by atoms with van der Waals surface area (Å²) in [4.78, 5) is 30.1. The van der Waals surface area contributed by atoms with Gasteiger partial charge < -0.3 is 0 Å². The van der Waals surface area contributed by atoms with Crippen LogP contribution in [-0.4, -0.2) is 16.7 Å². The fourth-order valence-corrected chi connectivity index (χ4v) is 1.67. The van der Waals surface area contributed by atoms with Gasteiger partial charge in [-0.05, 0) is 12.1 Å². The van der Waals surface area contributed by atoms with E-state index in [9.17, 15) is 9.59 Å². The summed E-state index contributed by atoms with van der Waals surface area (Å²) in [6.45, 7) is 0. The Balaban J connectivity index is 2.50. The summed E-state index contributed by atoms with van der Waals surface area (Å²) in [6, 6.07) is 9.31. The summed E-state index contributed by atoms with van der Waals surface area (Å²) in [5, 5.41) is 1.53. The first kappa shape index (κ1) is 8.91. The third kappa shape index (κ3) is 1.24. The van der Waals surface area contributed by atoms with E-state index >= 15 is 0 Å². The zero-order valence-corrected chi connectivity index (χ0v) is 8.18. The van der Waals surface area contributed by atoms with Crippen LogP contribution in [0.25, 0.3) is 17.0 Å². The fourth-order valence-electron chi connectivity index (χ4n) is 1.67. The maximum Gasteiger partial charge on any atom is 0.319 e. The van der Waals surface area contributed by atoms with Crippen LogP contribution in [0.1, 0.15) is 0 Å². The number of Topliss-reactive ketones (excluding diaryl/α,β-unsaturated/α-hetero) is 1. The number of hydrogen-bond acceptors (Lipinski definition) is 3.